The Balaban J connectivity index is 5.37. The fourth-order valence-electron chi connectivity index (χ4n) is 2.90. The first-order valence-corrected chi connectivity index (χ1v) is 15.1. The van der Waals surface area contributed by atoms with Crippen molar-refractivity contribution >= 4 is 59.0 Å². The number of hydrogen-bond acceptors (Lipinski definition) is 8. The fraction of sp³-hybridized carbons (Fsp3) is 0.810. The molecule has 0 aliphatic rings. The Morgan fingerprint density at radius 2 is 1.15 bits per heavy atom. The molecule has 0 aliphatic carbocycles. The molecule has 192 valence electrons. The van der Waals surface area contributed by atoms with Gasteiger partial charge in [0.2, 0.25) is 17.7 Å². The Hall–Kier alpha value is -1.11. The number of carboxylic acid groups (broad SMARTS) is 1. The van der Waals surface area contributed by atoms with Crippen LogP contribution in [0, 0.1) is 5.92 Å². The molecule has 4 atom stereocenters. The highest BCUT2D eigenvalue weighted by Crippen LogP contribution is 2.09. The zero-order chi connectivity index (χ0) is 25.4. The van der Waals surface area contributed by atoms with Gasteiger partial charge in [0, 0.05) is 0 Å². The van der Waals surface area contributed by atoms with Crippen LogP contribution in [0.15, 0.2) is 0 Å². The molecular formula is C21H40N4O5S3. The van der Waals surface area contributed by atoms with E-state index in [4.69, 9.17) is 5.73 Å². The summed E-state index contributed by atoms with van der Waals surface area (Å²) < 4.78 is 0. The molecule has 0 radical (unpaired) electrons. The van der Waals surface area contributed by atoms with Crippen LogP contribution < -0.4 is 21.7 Å². The van der Waals surface area contributed by atoms with Crippen LogP contribution in [0.4, 0.5) is 0 Å². The van der Waals surface area contributed by atoms with Gasteiger partial charge < -0.3 is 26.8 Å². The van der Waals surface area contributed by atoms with Crippen LogP contribution in [0.5, 0.6) is 0 Å². The van der Waals surface area contributed by atoms with Crippen LogP contribution in [0.1, 0.15) is 39.5 Å². The average molecular weight is 525 g/mol. The maximum absolute atomic E-state index is 13.0. The van der Waals surface area contributed by atoms with Crippen LogP contribution >= 0.6 is 35.3 Å². The number of amides is 3. The number of hydrogen-bond donors (Lipinski definition) is 5. The van der Waals surface area contributed by atoms with Crippen molar-refractivity contribution in [2.45, 2.75) is 63.7 Å². The van der Waals surface area contributed by atoms with Crippen molar-refractivity contribution in [3.8, 4) is 0 Å². The van der Waals surface area contributed by atoms with Crippen molar-refractivity contribution in [1.29, 1.82) is 0 Å². The molecule has 0 bridgehead atoms. The highest BCUT2D eigenvalue weighted by atomic mass is 32.2. The first-order chi connectivity index (χ1) is 15.6. The molecule has 0 rings (SSSR count). The lowest BCUT2D eigenvalue weighted by Crippen LogP contribution is -2.57. The quantitative estimate of drug-likeness (QED) is 0.178. The first-order valence-electron chi connectivity index (χ1n) is 10.9. The van der Waals surface area contributed by atoms with Gasteiger partial charge in [0.1, 0.15) is 18.1 Å². The van der Waals surface area contributed by atoms with E-state index in [1.54, 1.807) is 11.8 Å². The van der Waals surface area contributed by atoms with Crippen molar-refractivity contribution in [2.24, 2.45) is 11.7 Å². The lowest BCUT2D eigenvalue weighted by Gasteiger charge is -2.26. The normalized spacial score (nSPS) is 14.8. The second-order valence-electron chi connectivity index (χ2n) is 8.10. The van der Waals surface area contributed by atoms with Gasteiger partial charge in [-0.15, -0.1) is 0 Å². The van der Waals surface area contributed by atoms with E-state index in [2.05, 4.69) is 16.0 Å². The summed E-state index contributed by atoms with van der Waals surface area (Å²) in [5.74, 6) is -0.517. The van der Waals surface area contributed by atoms with Gasteiger partial charge in [0.15, 0.2) is 0 Å². The highest BCUT2D eigenvalue weighted by Gasteiger charge is 2.30. The van der Waals surface area contributed by atoms with Gasteiger partial charge in [0.25, 0.3) is 0 Å². The van der Waals surface area contributed by atoms with E-state index < -0.39 is 47.9 Å². The Labute approximate surface area is 210 Å². The molecule has 9 nitrogen and oxygen atoms in total. The lowest BCUT2D eigenvalue weighted by atomic mass is 10.0. The molecule has 0 spiro atoms. The number of carboxylic acids is 1. The molecule has 6 N–H and O–H groups in total. The molecule has 0 aromatic carbocycles. The summed E-state index contributed by atoms with van der Waals surface area (Å²) in [6.07, 6.45) is 7.17. The van der Waals surface area contributed by atoms with E-state index in [1.165, 1.54) is 23.5 Å². The van der Waals surface area contributed by atoms with Gasteiger partial charge in [-0.3, -0.25) is 14.4 Å². The molecule has 0 aromatic heterocycles. The standard InChI is InChI=1S/C21H40N4O5S3/c1-13(2)12-17(25-18(26)14(22)6-9-31-3)20(28)23-15(7-10-32-4)19(27)24-16(21(29)30)8-11-33-5/h13-17H,6-12,22H2,1-5H3,(H,23,28)(H,24,27)(H,25,26)(H,29,30). The second kappa shape index (κ2) is 18.2. The third kappa shape index (κ3) is 14.0. The molecule has 33 heavy (non-hydrogen) atoms. The molecule has 0 saturated heterocycles. The van der Waals surface area contributed by atoms with Crippen LogP contribution in [0.3, 0.4) is 0 Å². The average Bonchev–Trinajstić information content (AvgIpc) is 2.76. The Bertz CT molecular complexity index is 625. The predicted molar refractivity (Wildman–Crippen MR) is 140 cm³/mol. The number of carbonyl (C=O) groups excluding carboxylic acids is 3. The van der Waals surface area contributed by atoms with Gasteiger partial charge in [-0.05, 0) is 67.6 Å². The summed E-state index contributed by atoms with van der Waals surface area (Å²) >= 11 is 4.59. The van der Waals surface area contributed by atoms with E-state index in [9.17, 15) is 24.3 Å². The van der Waals surface area contributed by atoms with E-state index in [0.717, 1.165) is 5.75 Å². The number of aliphatic carboxylic acids is 1. The largest absolute Gasteiger partial charge is 0.480 e. The molecule has 0 aliphatic heterocycles. The summed E-state index contributed by atoms with van der Waals surface area (Å²) in [6, 6.07) is -3.49. The molecule has 0 saturated carbocycles. The molecule has 0 heterocycles. The SMILES string of the molecule is CSCCC(N)C(=O)NC(CC(C)C)C(=O)NC(CCSC)C(=O)NC(CCSC)C(=O)O. The molecule has 0 fully saturated rings. The van der Waals surface area contributed by atoms with Crippen LogP contribution in [0.25, 0.3) is 0 Å². The number of nitrogens with two attached hydrogens (primary N) is 1. The van der Waals surface area contributed by atoms with Crippen molar-refractivity contribution in [3.63, 3.8) is 0 Å². The zero-order valence-corrected chi connectivity index (χ0v) is 22.7. The number of nitrogens with one attached hydrogen (secondary N) is 3. The van der Waals surface area contributed by atoms with Crippen molar-refractivity contribution in [1.82, 2.24) is 16.0 Å². The molecule has 12 heteroatoms. The third-order valence-corrected chi connectivity index (χ3v) is 6.71. The van der Waals surface area contributed by atoms with Gasteiger partial charge in [-0.25, -0.2) is 4.79 Å². The van der Waals surface area contributed by atoms with Gasteiger partial charge >= 0.3 is 5.97 Å². The first kappa shape index (κ1) is 31.9. The molecule has 0 aromatic rings. The Kier molecular flexibility index (Phi) is 17.6. The monoisotopic (exact) mass is 524 g/mol. The van der Waals surface area contributed by atoms with E-state index in [1.807, 2.05) is 32.6 Å². The molecule has 3 amide bonds. The summed E-state index contributed by atoms with van der Waals surface area (Å²) in [5.41, 5.74) is 5.94. The summed E-state index contributed by atoms with van der Waals surface area (Å²) in [4.78, 5) is 49.9. The second-order valence-corrected chi connectivity index (χ2v) is 11.1. The maximum atomic E-state index is 13.0. The van der Waals surface area contributed by atoms with Gasteiger partial charge in [-0.2, -0.15) is 35.3 Å². The Morgan fingerprint density at radius 3 is 1.64 bits per heavy atom. The fourth-order valence-corrected chi connectivity index (χ4v) is 4.33. The van der Waals surface area contributed by atoms with E-state index in [0.29, 0.717) is 30.8 Å². The van der Waals surface area contributed by atoms with Crippen LogP contribution in [0.2, 0.25) is 0 Å². The summed E-state index contributed by atoms with van der Waals surface area (Å²) in [6.45, 7) is 3.86. The number of thioether (sulfide) groups is 3. The van der Waals surface area contributed by atoms with Crippen molar-refractivity contribution < 1.29 is 24.3 Å². The summed E-state index contributed by atoms with van der Waals surface area (Å²) in [7, 11) is 0. The van der Waals surface area contributed by atoms with E-state index >= 15 is 0 Å². The topological polar surface area (TPSA) is 151 Å². The minimum absolute atomic E-state index is 0.116. The van der Waals surface area contributed by atoms with Crippen LogP contribution in [-0.4, -0.2) is 89.0 Å². The number of rotatable bonds is 18. The molecule has 4 unspecified atom stereocenters. The summed E-state index contributed by atoms with van der Waals surface area (Å²) in [5, 5.41) is 17.4. The third-order valence-electron chi connectivity index (χ3n) is 4.78. The minimum atomic E-state index is -1.11. The molecular weight excluding hydrogens is 484 g/mol. The van der Waals surface area contributed by atoms with Gasteiger partial charge in [-0.1, -0.05) is 13.8 Å². The lowest BCUT2D eigenvalue weighted by molar-refractivity contribution is -0.142. The van der Waals surface area contributed by atoms with E-state index in [-0.39, 0.29) is 12.3 Å². The van der Waals surface area contributed by atoms with Crippen molar-refractivity contribution in [2.75, 3.05) is 36.0 Å². The predicted octanol–water partition coefficient (Wildman–Crippen LogP) is 1.16. The smallest absolute Gasteiger partial charge is 0.326 e. The Morgan fingerprint density at radius 1 is 0.727 bits per heavy atom. The van der Waals surface area contributed by atoms with Gasteiger partial charge in [0.05, 0.1) is 6.04 Å². The number of carbonyl (C=O) groups is 4. The minimum Gasteiger partial charge on any atom is -0.480 e. The highest BCUT2D eigenvalue weighted by molar-refractivity contribution is 7.98. The zero-order valence-electron chi connectivity index (χ0n) is 20.2. The maximum Gasteiger partial charge on any atom is 0.326 e. The van der Waals surface area contributed by atoms with Crippen LogP contribution in [-0.2, 0) is 19.2 Å². The van der Waals surface area contributed by atoms with Crippen molar-refractivity contribution in [3.05, 3.63) is 0 Å².